The zero-order valence-corrected chi connectivity index (χ0v) is 10.3. The average Bonchev–Trinajstić information content (AvgIpc) is 2.84. The molecular weight excluding hydrogens is 234 g/mol. The fourth-order valence-corrected chi connectivity index (χ4v) is 3.92. The summed E-state index contributed by atoms with van der Waals surface area (Å²) >= 11 is 0. The van der Waals surface area contributed by atoms with Gasteiger partial charge < -0.3 is 5.32 Å². The predicted molar refractivity (Wildman–Crippen MR) is 67.4 cm³/mol. The second-order valence-corrected chi connectivity index (χ2v) is 6.65. The molecule has 1 N–H and O–H groups in total. The largest absolute Gasteiger partial charge is 0.303 e. The third kappa shape index (κ3) is 2.15. The van der Waals surface area contributed by atoms with Crippen molar-refractivity contribution in [2.75, 3.05) is 5.75 Å². The molecule has 0 radical (unpaired) electrons. The Morgan fingerprint density at radius 1 is 1.24 bits per heavy atom. The quantitative estimate of drug-likeness (QED) is 0.865. The number of fused-ring (bicyclic) bond motifs is 1. The van der Waals surface area contributed by atoms with Crippen molar-refractivity contribution in [3.63, 3.8) is 0 Å². The highest BCUT2D eigenvalue weighted by Crippen LogP contribution is 2.31. The van der Waals surface area contributed by atoms with Gasteiger partial charge in [-0.25, -0.2) is 8.42 Å². The Bertz CT molecular complexity index is 563. The van der Waals surface area contributed by atoms with E-state index in [9.17, 15) is 8.42 Å². The van der Waals surface area contributed by atoms with Crippen LogP contribution in [-0.2, 0) is 16.3 Å². The lowest BCUT2D eigenvalue weighted by molar-refractivity contribution is 0.501. The van der Waals surface area contributed by atoms with Crippen LogP contribution in [0.3, 0.4) is 0 Å². The van der Waals surface area contributed by atoms with Gasteiger partial charge in [0.15, 0.2) is 9.84 Å². The summed E-state index contributed by atoms with van der Waals surface area (Å²) in [5, 5.41) is 4.75. The van der Waals surface area contributed by atoms with E-state index in [-0.39, 0.29) is 11.8 Å². The molecule has 0 fully saturated rings. The van der Waals surface area contributed by atoms with E-state index < -0.39 is 9.84 Å². The van der Waals surface area contributed by atoms with Crippen LogP contribution in [0.15, 0.2) is 35.7 Å². The minimum Gasteiger partial charge on any atom is -0.303 e. The molecule has 2 aliphatic rings. The minimum absolute atomic E-state index is 0.0313. The third-order valence-electron chi connectivity index (χ3n) is 3.48. The molecule has 17 heavy (non-hydrogen) atoms. The highest BCUT2D eigenvalue weighted by Gasteiger charge is 2.27. The maximum atomic E-state index is 11.3. The molecule has 0 saturated heterocycles. The first-order valence-corrected chi connectivity index (χ1v) is 7.60. The van der Waals surface area contributed by atoms with E-state index in [2.05, 4.69) is 23.5 Å². The fourth-order valence-electron chi connectivity index (χ4n) is 2.67. The Kier molecular flexibility index (Phi) is 2.56. The highest BCUT2D eigenvalue weighted by molar-refractivity contribution is 7.94. The maximum absolute atomic E-state index is 11.3. The monoisotopic (exact) mass is 249 g/mol. The van der Waals surface area contributed by atoms with Gasteiger partial charge in [-0.05, 0) is 24.0 Å². The van der Waals surface area contributed by atoms with Crippen molar-refractivity contribution < 1.29 is 8.42 Å². The van der Waals surface area contributed by atoms with Crippen LogP contribution < -0.4 is 5.32 Å². The number of nitrogens with one attached hydrogen (secondary N) is 1. The van der Waals surface area contributed by atoms with E-state index in [0.29, 0.717) is 6.04 Å². The van der Waals surface area contributed by atoms with E-state index in [4.69, 9.17) is 0 Å². The Hall–Kier alpha value is -1.13. The van der Waals surface area contributed by atoms with E-state index in [1.165, 1.54) is 16.5 Å². The van der Waals surface area contributed by atoms with Crippen molar-refractivity contribution in [1.29, 1.82) is 0 Å². The van der Waals surface area contributed by atoms with Gasteiger partial charge in [0.25, 0.3) is 0 Å². The fraction of sp³-hybridized carbons (Fsp3) is 0.385. The van der Waals surface area contributed by atoms with Crippen LogP contribution in [0.4, 0.5) is 0 Å². The van der Waals surface area contributed by atoms with Crippen LogP contribution in [-0.4, -0.2) is 20.2 Å². The van der Waals surface area contributed by atoms with Crippen molar-refractivity contribution in [2.24, 2.45) is 0 Å². The molecule has 1 aliphatic carbocycles. The summed E-state index contributed by atoms with van der Waals surface area (Å²) < 4.78 is 22.7. The number of rotatable bonds is 2. The van der Waals surface area contributed by atoms with Crippen molar-refractivity contribution in [3.8, 4) is 0 Å². The van der Waals surface area contributed by atoms with E-state index >= 15 is 0 Å². The summed E-state index contributed by atoms with van der Waals surface area (Å²) in [7, 11) is -2.96. The molecule has 1 aromatic rings. The molecule has 90 valence electrons. The third-order valence-corrected chi connectivity index (χ3v) is 4.87. The lowest BCUT2D eigenvalue weighted by Gasteiger charge is -2.17. The number of benzene rings is 1. The van der Waals surface area contributed by atoms with Crippen LogP contribution in [0, 0.1) is 0 Å². The Morgan fingerprint density at radius 2 is 2.06 bits per heavy atom. The molecular formula is C13H15NO2S. The summed E-state index contributed by atoms with van der Waals surface area (Å²) in [5.41, 5.74) is 2.71. The van der Waals surface area contributed by atoms with Crippen LogP contribution in [0.5, 0.6) is 0 Å². The predicted octanol–water partition coefficient (Wildman–Crippen LogP) is 1.57. The first-order chi connectivity index (χ1) is 8.14. The van der Waals surface area contributed by atoms with Crippen LogP contribution in [0.1, 0.15) is 23.6 Å². The Balaban J connectivity index is 1.75. The zero-order valence-electron chi connectivity index (χ0n) is 9.46. The molecule has 0 spiro atoms. The van der Waals surface area contributed by atoms with E-state index in [1.54, 1.807) is 6.08 Å². The van der Waals surface area contributed by atoms with Crippen LogP contribution in [0.2, 0.25) is 0 Å². The van der Waals surface area contributed by atoms with E-state index in [1.807, 2.05) is 6.07 Å². The zero-order chi connectivity index (χ0) is 11.9. The molecule has 0 bridgehead atoms. The van der Waals surface area contributed by atoms with Crippen molar-refractivity contribution >= 4 is 9.84 Å². The van der Waals surface area contributed by atoms with Crippen molar-refractivity contribution in [1.82, 2.24) is 5.32 Å². The number of sulfone groups is 1. The molecule has 0 saturated carbocycles. The van der Waals surface area contributed by atoms with Crippen molar-refractivity contribution in [3.05, 3.63) is 46.9 Å². The molecule has 1 aromatic carbocycles. The van der Waals surface area contributed by atoms with E-state index in [0.717, 1.165) is 12.8 Å². The number of hydrogen-bond donors (Lipinski definition) is 1. The van der Waals surface area contributed by atoms with Gasteiger partial charge in [-0.2, -0.15) is 0 Å². The molecule has 1 aliphatic heterocycles. The smallest absolute Gasteiger partial charge is 0.173 e. The second kappa shape index (κ2) is 3.96. The molecule has 0 aromatic heterocycles. The van der Waals surface area contributed by atoms with Gasteiger partial charge in [-0.15, -0.1) is 0 Å². The molecule has 0 amide bonds. The SMILES string of the molecule is O=S1(=O)C=CC(NC2CCc3ccccc32)C1. The van der Waals surface area contributed by atoms with Crippen molar-refractivity contribution in [2.45, 2.75) is 24.9 Å². The molecule has 3 nitrogen and oxygen atoms in total. The average molecular weight is 249 g/mol. The summed E-state index contributed by atoms with van der Waals surface area (Å²) in [6.45, 7) is 0. The number of aryl methyl sites for hydroxylation is 1. The summed E-state index contributed by atoms with van der Waals surface area (Å²) in [5.74, 6) is 0.200. The summed E-state index contributed by atoms with van der Waals surface area (Å²) in [6, 6.07) is 8.65. The summed E-state index contributed by atoms with van der Waals surface area (Å²) in [6.07, 6.45) is 3.90. The summed E-state index contributed by atoms with van der Waals surface area (Å²) in [4.78, 5) is 0. The van der Waals surface area contributed by atoms with Gasteiger partial charge in [-0.1, -0.05) is 30.3 Å². The molecule has 2 unspecified atom stereocenters. The standard InChI is InChI=1S/C13H15NO2S/c15-17(16)8-7-11(9-17)14-13-6-5-10-3-1-2-4-12(10)13/h1-4,7-8,11,13-14H,5-6,9H2. The van der Waals surface area contributed by atoms with Gasteiger partial charge in [-0.3, -0.25) is 0 Å². The van der Waals surface area contributed by atoms with Gasteiger partial charge >= 0.3 is 0 Å². The second-order valence-electron chi connectivity index (χ2n) is 4.72. The molecule has 1 heterocycles. The molecule has 4 heteroatoms. The molecule has 2 atom stereocenters. The molecule has 3 rings (SSSR count). The Morgan fingerprint density at radius 3 is 2.82 bits per heavy atom. The topological polar surface area (TPSA) is 46.2 Å². The van der Waals surface area contributed by atoms with Gasteiger partial charge in [0.05, 0.1) is 5.75 Å². The van der Waals surface area contributed by atoms with Gasteiger partial charge in [0.2, 0.25) is 0 Å². The normalized spacial score (nSPS) is 29.4. The first kappa shape index (κ1) is 11.0. The van der Waals surface area contributed by atoms with Crippen LogP contribution in [0.25, 0.3) is 0 Å². The highest BCUT2D eigenvalue weighted by atomic mass is 32.2. The number of hydrogen-bond acceptors (Lipinski definition) is 3. The maximum Gasteiger partial charge on any atom is 0.173 e. The lowest BCUT2D eigenvalue weighted by Crippen LogP contribution is -2.32. The Labute approximate surface area is 101 Å². The van der Waals surface area contributed by atoms with Gasteiger partial charge in [0.1, 0.15) is 0 Å². The van der Waals surface area contributed by atoms with Gasteiger partial charge in [0, 0.05) is 17.5 Å². The minimum atomic E-state index is -2.96. The lowest BCUT2D eigenvalue weighted by atomic mass is 10.1. The van der Waals surface area contributed by atoms with Crippen LogP contribution >= 0.6 is 0 Å². The first-order valence-electron chi connectivity index (χ1n) is 5.89.